The molecule has 90 valence electrons. The molecule has 5 heteroatoms. The molecule has 0 fully saturated rings. The molecule has 0 saturated heterocycles. The molecule has 1 rings (SSSR count). The van der Waals surface area contributed by atoms with Gasteiger partial charge in [-0.25, -0.2) is 0 Å². The summed E-state index contributed by atoms with van der Waals surface area (Å²) < 4.78 is 5.69. The molecule has 0 radical (unpaired) electrons. The minimum atomic E-state index is -0.268. The van der Waals surface area contributed by atoms with Crippen molar-refractivity contribution < 1.29 is 20.1 Å². The second kappa shape index (κ2) is 6.08. The Morgan fingerprint density at radius 2 is 2.06 bits per heavy atom. The molecule has 0 heterocycles. The van der Waals surface area contributed by atoms with Crippen molar-refractivity contribution in [3.63, 3.8) is 0 Å². The molecule has 0 atom stereocenters. The maximum absolute atomic E-state index is 9.76. The summed E-state index contributed by atoms with van der Waals surface area (Å²) in [4.78, 5) is 0. The topological polar surface area (TPSA) is 69.9 Å². The van der Waals surface area contributed by atoms with E-state index in [0.717, 1.165) is 5.56 Å². The van der Waals surface area contributed by atoms with E-state index >= 15 is 0 Å². The number of aliphatic hydroxyl groups excluding tert-OH is 2. The highest BCUT2D eigenvalue weighted by Gasteiger charge is 2.15. The van der Waals surface area contributed by atoms with E-state index in [4.69, 9.17) is 9.84 Å². The summed E-state index contributed by atoms with van der Waals surface area (Å²) in [6, 6.07) is 1.70. The molecule has 0 unspecified atom stereocenters. The van der Waals surface area contributed by atoms with Crippen LogP contribution >= 0.6 is 15.9 Å². The Bertz CT molecular complexity index is 365. The fourth-order valence-electron chi connectivity index (χ4n) is 1.49. The first-order chi connectivity index (χ1) is 7.65. The summed E-state index contributed by atoms with van der Waals surface area (Å²) in [5.41, 5.74) is 1.31. The van der Waals surface area contributed by atoms with Crippen molar-refractivity contribution in [2.75, 3.05) is 13.7 Å². The monoisotopic (exact) mass is 290 g/mol. The standard InChI is InChI=1S/C11H15BrO4/c1-16-9-5-7(3-2-4-13)10(12)8(6-14)11(9)15/h5,13-15H,2-4,6H2,1H3. The third kappa shape index (κ3) is 2.66. The summed E-state index contributed by atoms with van der Waals surface area (Å²) in [5, 5.41) is 27.7. The average Bonchev–Trinajstić information content (AvgIpc) is 2.29. The van der Waals surface area contributed by atoms with Crippen LogP contribution < -0.4 is 4.74 Å². The molecule has 1 aromatic carbocycles. The second-order valence-corrected chi connectivity index (χ2v) is 4.16. The van der Waals surface area contributed by atoms with Gasteiger partial charge in [0.15, 0.2) is 11.5 Å². The van der Waals surface area contributed by atoms with Crippen LogP contribution in [0.3, 0.4) is 0 Å². The lowest BCUT2D eigenvalue weighted by Crippen LogP contribution is -1.98. The Balaban J connectivity index is 3.18. The maximum atomic E-state index is 9.76. The molecule has 3 N–H and O–H groups in total. The van der Waals surface area contributed by atoms with Gasteiger partial charge < -0.3 is 20.1 Å². The van der Waals surface area contributed by atoms with Crippen molar-refractivity contribution in [1.82, 2.24) is 0 Å². The van der Waals surface area contributed by atoms with Crippen molar-refractivity contribution in [2.24, 2.45) is 0 Å². The highest BCUT2D eigenvalue weighted by Crippen LogP contribution is 2.38. The number of ether oxygens (including phenoxy) is 1. The van der Waals surface area contributed by atoms with Crippen LogP contribution in [-0.4, -0.2) is 29.0 Å². The summed E-state index contributed by atoms with van der Waals surface area (Å²) in [7, 11) is 1.46. The second-order valence-electron chi connectivity index (χ2n) is 3.36. The average molecular weight is 291 g/mol. The normalized spacial score (nSPS) is 10.5. The molecule has 0 aliphatic carbocycles. The van der Waals surface area contributed by atoms with Crippen molar-refractivity contribution in [1.29, 1.82) is 0 Å². The molecule has 0 aliphatic rings. The number of aliphatic hydroxyl groups is 2. The predicted octanol–water partition coefficient (Wildman–Crippen LogP) is 1.58. The van der Waals surface area contributed by atoms with Gasteiger partial charge in [0.2, 0.25) is 0 Å². The predicted molar refractivity (Wildman–Crippen MR) is 63.7 cm³/mol. The maximum Gasteiger partial charge on any atom is 0.164 e. The third-order valence-corrected chi connectivity index (χ3v) is 3.34. The van der Waals surface area contributed by atoms with Crippen LogP contribution in [-0.2, 0) is 13.0 Å². The van der Waals surface area contributed by atoms with Gasteiger partial charge in [0.05, 0.1) is 13.7 Å². The number of aryl methyl sites for hydroxylation is 1. The van der Waals surface area contributed by atoms with E-state index in [1.807, 2.05) is 0 Å². The highest BCUT2D eigenvalue weighted by molar-refractivity contribution is 9.10. The van der Waals surface area contributed by atoms with Gasteiger partial charge in [0.25, 0.3) is 0 Å². The van der Waals surface area contributed by atoms with Gasteiger partial charge in [0, 0.05) is 16.6 Å². The van der Waals surface area contributed by atoms with Crippen LogP contribution in [0.15, 0.2) is 10.5 Å². The molecular weight excluding hydrogens is 276 g/mol. The minimum Gasteiger partial charge on any atom is -0.504 e. The summed E-state index contributed by atoms with van der Waals surface area (Å²) >= 11 is 3.33. The Kier molecular flexibility index (Phi) is 5.05. The van der Waals surface area contributed by atoms with Gasteiger partial charge in [-0.05, 0) is 40.4 Å². The van der Waals surface area contributed by atoms with E-state index < -0.39 is 0 Å². The fourth-order valence-corrected chi connectivity index (χ4v) is 2.11. The van der Waals surface area contributed by atoms with E-state index in [0.29, 0.717) is 28.6 Å². The Labute approximate surface area is 103 Å². The molecular formula is C11H15BrO4. The lowest BCUT2D eigenvalue weighted by atomic mass is 10.0. The molecule has 0 spiro atoms. The van der Waals surface area contributed by atoms with E-state index in [2.05, 4.69) is 15.9 Å². The number of aromatic hydroxyl groups is 1. The molecule has 0 aromatic heterocycles. The zero-order valence-corrected chi connectivity index (χ0v) is 10.6. The van der Waals surface area contributed by atoms with E-state index in [1.54, 1.807) is 6.07 Å². The molecule has 0 amide bonds. The van der Waals surface area contributed by atoms with Crippen molar-refractivity contribution in [2.45, 2.75) is 19.4 Å². The molecule has 0 aliphatic heterocycles. The van der Waals surface area contributed by atoms with Crippen LogP contribution in [0.4, 0.5) is 0 Å². The first-order valence-corrected chi connectivity index (χ1v) is 5.73. The van der Waals surface area contributed by atoms with Gasteiger partial charge in [-0.2, -0.15) is 0 Å². The SMILES string of the molecule is COc1cc(CCCO)c(Br)c(CO)c1O. The smallest absolute Gasteiger partial charge is 0.164 e. The van der Waals surface area contributed by atoms with Crippen LogP contribution in [0.5, 0.6) is 11.5 Å². The highest BCUT2D eigenvalue weighted by atomic mass is 79.9. The lowest BCUT2D eigenvalue weighted by Gasteiger charge is -2.13. The molecule has 16 heavy (non-hydrogen) atoms. The van der Waals surface area contributed by atoms with Crippen molar-refractivity contribution >= 4 is 15.9 Å². The largest absolute Gasteiger partial charge is 0.504 e. The van der Waals surface area contributed by atoms with Gasteiger partial charge in [-0.1, -0.05) is 0 Å². The Morgan fingerprint density at radius 1 is 1.38 bits per heavy atom. The number of halogens is 1. The van der Waals surface area contributed by atoms with Crippen molar-refractivity contribution in [3.05, 3.63) is 21.7 Å². The van der Waals surface area contributed by atoms with E-state index in [9.17, 15) is 10.2 Å². The number of methoxy groups -OCH3 is 1. The molecule has 0 saturated carbocycles. The first kappa shape index (κ1) is 13.3. The van der Waals surface area contributed by atoms with Gasteiger partial charge in [-0.15, -0.1) is 0 Å². The van der Waals surface area contributed by atoms with Crippen LogP contribution in [0.2, 0.25) is 0 Å². The van der Waals surface area contributed by atoms with Crippen molar-refractivity contribution in [3.8, 4) is 11.5 Å². The fraction of sp³-hybridized carbons (Fsp3) is 0.455. The number of rotatable bonds is 5. The quantitative estimate of drug-likeness (QED) is 0.770. The zero-order chi connectivity index (χ0) is 12.1. The van der Waals surface area contributed by atoms with Gasteiger partial charge in [-0.3, -0.25) is 0 Å². The van der Waals surface area contributed by atoms with Crippen LogP contribution in [0, 0.1) is 0 Å². The van der Waals surface area contributed by atoms with Crippen LogP contribution in [0.25, 0.3) is 0 Å². The number of benzene rings is 1. The van der Waals surface area contributed by atoms with Gasteiger partial charge in [0.1, 0.15) is 0 Å². The Hall–Kier alpha value is -0.780. The Morgan fingerprint density at radius 3 is 2.56 bits per heavy atom. The van der Waals surface area contributed by atoms with Crippen LogP contribution in [0.1, 0.15) is 17.5 Å². The minimum absolute atomic E-state index is 0.0513. The number of phenols is 1. The van der Waals surface area contributed by atoms with Gasteiger partial charge >= 0.3 is 0 Å². The molecule has 4 nitrogen and oxygen atoms in total. The third-order valence-electron chi connectivity index (χ3n) is 2.35. The molecule has 1 aromatic rings. The summed E-state index contributed by atoms with van der Waals surface area (Å²) in [6.07, 6.45) is 1.28. The van der Waals surface area contributed by atoms with E-state index in [1.165, 1.54) is 7.11 Å². The number of hydrogen-bond acceptors (Lipinski definition) is 4. The van der Waals surface area contributed by atoms with E-state index in [-0.39, 0.29) is 19.0 Å². The first-order valence-electron chi connectivity index (χ1n) is 4.94. The zero-order valence-electron chi connectivity index (χ0n) is 9.03. The lowest BCUT2D eigenvalue weighted by molar-refractivity contribution is 0.271. The molecule has 0 bridgehead atoms. The summed E-state index contributed by atoms with van der Waals surface area (Å²) in [6.45, 7) is -0.167. The number of hydrogen-bond donors (Lipinski definition) is 3. The summed E-state index contributed by atoms with van der Waals surface area (Å²) in [5.74, 6) is 0.282.